The Morgan fingerprint density at radius 1 is 1.08 bits per heavy atom. The van der Waals surface area contributed by atoms with E-state index >= 15 is 0 Å². The van der Waals surface area contributed by atoms with Crippen molar-refractivity contribution >= 4 is 5.78 Å². The van der Waals surface area contributed by atoms with E-state index in [2.05, 4.69) is 0 Å². The van der Waals surface area contributed by atoms with Gasteiger partial charge in [-0.05, 0) is 79.9 Å². The van der Waals surface area contributed by atoms with Crippen LogP contribution in [-0.2, 0) is 14.3 Å². The van der Waals surface area contributed by atoms with Crippen molar-refractivity contribution in [1.29, 1.82) is 0 Å². The molecule has 0 heterocycles. The Labute approximate surface area is 145 Å². The van der Waals surface area contributed by atoms with Crippen molar-refractivity contribution in [1.82, 2.24) is 0 Å². The maximum Gasteiger partial charge on any atom is 0.156 e. The summed E-state index contributed by atoms with van der Waals surface area (Å²) in [5.41, 5.74) is 4.94. The van der Waals surface area contributed by atoms with Crippen LogP contribution < -0.4 is 0 Å². The summed E-state index contributed by atoms with van der Waals surface area (Å²) in [4.78, 5) is 11.8. The van der Waals surface area contributed by atoms with E-state index in [0.29, 0.717) is 17.1 Å². The third-order valence-corrected chi connectivity index (χ3v) is 7.41. The van der Waals surface area contributed by atoms with Crippen molar-refractivity contribution < 1.29 is 14.3 Å². The van der Waals surface area contributed by atoms with Gasteiger partial charge in [0.1, 0.15) is 0 Å². The molecule has 0 radical (unpaired) electrons. The minimum Gasteiger partial charge on any atom is -0.384 e. The lowest BCUT2D eigenvalue weighted by Crippen LogP contribution is -2.46. The fraction of sp³-hybridized carbons (Fsp3) is 0.762. The van der Waals surface area contributed by atoms with Gasteiger partial charge in [-0.3, -0.25) is 4.79 Å². The molecule has 4 aliphatic rings. The van der Waals surface area contributed by atoms with Gasteiger partial charge in [0.2, 0.25) is 0 Å². The molecule has 4 aliphatic carbocycles. The third kappa shape index (κ3) is 2.43. The zero-order chi connectivity index (χ0) is 16.7. The highest BCUT2D eigenvalue weighted by Gasteiger charge is 2.56. The fourth-order valence-electron chi connectivity index (χ4n) is 6.48. The first-order valence-electron chi connectivity index (χ1n) is 9.63. The molecule has 0 amide bonds. The van der Waals surface area contributed by atoms with Crippen molar-refractivity contribution in [2.75, 3.05) is 27.4 Å². The average Bonchev–Trinajstić information content (AvgIpc) is 2.93. The number of hydrogen-bond acceptors (Lipinski definition) is 3. The number of ketones is 1. The van der Waals surface area contributed by atoms with Crippen molar-refractivity contribution in [3.05, 3.63) is 22.8 Å². The van der Waals surface area contributed by atoms with E-state index in [-0.39, 0.29) is 0 Å². The molecule has 0 N–H and O–H groups in total. The molecule has 0 saturated heterocycles. The molecule has 0 aliphatic heterocycles. The molecule has 0 unspecified atom stereocenters. The quantitative estimate of drug-likeness (QED) is 0.779. The van der Waals surface area contributed by atoms with E-state index in [0.717, 1.165) is 44.3 Å². The van der Waals surface area contributed by atoms with Crippen LogP contribution in [0, 0.1) is 23.2 Å². The summed E-state index contributed by atoms with van der Waals surface area (Å²) in [7, 11) is 3.69. The smallest absolute Gasteiger partial charge is 0.156 e. The van der Waals surface area contributed by atoms with Gasteiger partial charge in [-0.15, -0.1) is 0 Å². The molecule has 0 spiro atoms. The standard InChI is InChI=1S/C21H30O3/c1-23-12-15-4-8-20-19-6-3-14-11-16(22)5-7-17(14)18(19)9-10-21(15,20)13-24-2/h11,15,19-20H,3-10,12-13H2,1-2H3/t15-,19+,20-,21-/m0/s1. The van der Waals surface area contributed by atoms with Crippen molar-refractivity contribution in [3.63, 3.8) is 0 Å². The number of rotatable bonds is 4. The Morgan fingerprint density at radius 2 is 1.96 bits per heavy atom. The van der Waals surface area contributed by atoms with Gasteiger partial charge in [-0.2, -0.15) is 0 Å². The van der Waals surface area contributed by atoms with Crippen molar-refractivity contribution in [3.8, 4) is 0 Å². The van der Waals surface area contributed by atoms with E-state index in [1.54, 1.807) is 11.1 Å². The molecule has 3 heteroatoms. The van der Waals surface area contributed by atoms with Gasteiger partial charge < -0.3 is 9.47 Å². The van der Waals surface area contributed by atoms with Crippen LogP contribution in [0.25, 0.3) is 0 Å². The second-order valence-corrected chi connectivity index (χ2v) is 8.29. The molecule has 2 saturated carbocycles. The number of allylic oxidation sites excluding steroid dienone is 4. The third-order valence-electron chi connectivity index (χ3n) is 7.41. The lowest BCUT2D eigenvalue weighted by atomic mass is 9.55. The zero-order valence-electron chi connectivity index (χ0n) is 15.1. The van der Waals surface area contributed by atoms with E-state index in [1.165, 1.54) is 37.7 Å². The van der Waals surface area contributed by atoms with Crippen LogP contribution in [0.3, 0.4) is 0 Å². The fourth-order valence-corrected chi connectivity index (χ4v) is 6.48. The number of carbonyl (C=O) groups excluding carboxylic acids is 1. The maximum atomic E-state index is 11.8. The van der Waals surface area contributed by atoms with Crippen LogP contribution >= 0.6 is 0 Å². The lowest BCUT2D eigenvalue weighted by molar-refractivity contribution is -0.114. The predicted molar refractivity (Wildman–Crippen MR) is 93.7 cm³/mol. The summed E-state index contributed by atoms with van der Waals surface area (Å²) in [5, 5.41) is 0. The van der Waals surface area contributed by atoms with Crippen LogP contribution in [0.1, 0.15) is 51.4 Å². The van der Waals surface area contributed by atoms with Crippen LogP contribution in [0.15, 0.2) is 22.8 Å². The van der Waals surface area contributed by atoms with Crippen LogP contribution in [0.5, 0.6) is 0 Å². The molecule has 0 aromatic heterocycles. The van der Waals surface area contributed by atoms with E-state index < -0.39 is 0 Å². The van der Waals surface area contributed by atoms with Gasteiger partial charge in [0.05, 0.1) is 6.61 Å². The van der Waals surface area contributed by atoms with Gasteiger partial charge in [0, 0.05) is 32.7 Å². The molecule has 0 aromatic carbocycles. The highest BCUT2D eigenvalue weighted by Crippen LogP contribution is 2.62. The van der Waals surface area contributed by atoms with Gasteiger partial charge in [0.15, 0.2) is 5.78 Å². The number of hydrogen-bond donors (Lipinski definition) is 0. The van der Waals surface area contributed by atoms with E-state index in [4.69, 9.17) is 9.47 Å². The molecule has 0 bridgehead atoms. The Balaban J connectivity index is 1.69. The predicted octanol–water partition coefficient (Wildman–Crippen LogP) is 4.08. The van der Waals surface area contributed by atoms with Crippen molar-refractivity contribution in [2.24, 2.45) is 23.2 Å². The monoisotopic (exact) mass is 330 g/mol. The minimum absolute atomic E-state index is 0.311. The van der Waals surface area contributed by atoms with E-state index in [9.17, 15) is 4.79 Å². The molecular formula is C21H30O3. The number of fused-ring (bicyclic) bond motifs is 4. The largest absolute Gasteiger partial charge is 0.384 e. The average molecular weight is 330 g/mol. The topological polar surface area (TPSA) is 35.5 Å². The summed E-state index contributed by atoms with van der Waals surface area (Å²) in [5.74, 6) is 2.44. The van der Waals surface area contributed by atoms with E-state index in [1.807, 2.05) is 20.3 Å². The first-order valence-corrected chi connectivity index (χ1v) is 9.63. The second kappa shape index (κ2) is 6.42. The molecule has 24 heavy (non-hydrogen) atoms. The molecule has 0 aromatic rings. The summed E-state index contributed by atoms with van der Waals surface area (Å²) in [6.07, 6.45) is 11.0. The Morgan fingerprint density at radius 3 is 2.75 bits per heavy atom. The van der Waals surface area contributed by atoms with Crippen LogP contribution in [0.4, 0.5) is 0 Å². The summed E-state index contributed by atoms with van der Waals surface area (Å²) in [6, 6.07) is 0. The molecule has 4 rings (SSSR count). The van der Waals surface area contributed by atoms with Crippen LogP contribution in [0.2, 0.25) is 0 Å². The number of methoxy groups -OCH3 is 2. The zero-order valence-corrected chi connectivity index (χ0v) is 15.1. The highest BCUT2D eigenvalue weighted by molar-refractivity contribution is 5.93. The van der Waals surface area contributed by atoms with Crippen molar-refractivity contribution in [2.45, 2.75) is 51.4 Å². The Bertz CT molecular complexity index is 588. The Hall–Kier alpha value is -0.930. The summed E-state index contributed by atoms with van der Waals surface area (Å²) < 4.78 is 11.3. The van der Waals surface area contributed by atoms with Crippen LogP contribution in [-0.4, -0.2) is 33.2 Å². The van der Waals surface area contributed by atoms with Gasteiger partial charge in [-0.1, -0.05) is 5.57 Å². The van der Waals surface area contributed by atoms with Gasteiger partial charge >= 0.3 is 0 Å². The molecule has 4 atom stereocenters. The highest BCUT2D eigenvalue weighted by atomic mass is 16.5. The number of ether oxygens (including phenoxy) is 2. The summed E-state index contributed by atoms with van der Waals surface area (Å²) >= 11 is 0. The Kier molecular flexibility index (Phi) is 4.42. The molecular weight excluding hydrogens is 300 g/mol. The molecule has 132 valence electrons. The normalized spacial score (nSPS) is 38.5. The molecule has 3 nitrogen and oxygen atoms in total. The van der Waals surface area contributed by atoms with Gasteiger partial charge in [-0.25, -0.2) is 0 Å². The first-order chi connectivity index (χ1) is 11.7. The minimum atomic E-state index is 0.311. The maximum absolute atomic E-state index is 11.8. The SMILES string of the molecule is COC[C@@H]1CC[C@H]2[C@@H]3CCC4=CC(=O)CCC4=C3CC[C@]12COC. The summed E-state index contributed by atoms with van der Waals surface area (Å²) in [6.45, 7) is 1.75. The lowest BCUT2D eigenvalue weighted by Gasteiger charge is -2.50. The number of carbonyl (C=O) groups is 1. The molecule has 2 fully saturated rings. The first kappa shape index (κ1) is 16.5. The second-order valence-electron chi connectivity index (χ2n) is 8.29. The van der Waals surface area contributed by atoms with Gasteiger partial charge in [0.25, 0.3) is 0 Å².